The molecule has 10 nitrogen and oxygen atoms in total. The van der Waals surface area contributed by atoms with Gasteiger partial charge < -0.3 is 30.3 Å². The smallest absolute Gasteiger partial charge is 0.331 e. The molecule has 1 rings (SSSR count). The zero-order valence-corrected chi connectivity index (χ0v) is 22.7. The Hall–Kier alpha value is -2.20. The van der Waals surface area contributed by atoms with E-state index in [0.717, 1.165) is 70.6 Å². The van der Waals surface area contributed by atoms with Crippen molar-refractivity contribution in [1.82, 2.24) is 10.6 Å². The van der Waals surface area contributed by atoms with Gasteiger partial charge in [0.2, 0.25) is 11.8 Å². The Balaban J connectivity index is 2.93. The van der Waals surface area contributed by atoms with Crippen LogP contribution in [0.25, 0.3) is 0 Å². The summed E-state index contributed by atoms with van der Waals surface area (Å²) < 4.78 is 11.0. The Morgan fingerprint density at radius 3 is 1.32 bits per heavy atom. The van der Waals surface area contributed by atoms with Gasteiger partial charge in [0.05, 0.1) is 26.1 Å². The van der Waals surface area contributed by atoms with E-state index in [2.05, 4.69) is 24.5 Å². The molecule has 214 valence electrons. The summed E-state index contributed by atoms with van der Waals surface area (Å²) in [5.41, 5.74) is 0. The normalized spacial score (nSPS) is 24.0. The van der Waals surface area contributed by atoms with E-state index in [1.807, 2.05) is 0 Å². The van der Waals surface area contributed by atoms with Crippen molar-refractivity contribution < 1.29 is 38.9 Å². The molecule has 0 bridgehead atoms. The number of esters is 2. The van der Waals surface area contributed by atoms with Gasteiger partial charge in [-0.3, -0.25) is 9.59 Å². The minimum absolute atomic E-state index is 0.211. The second-order valence-corrected chi connectivity index (χ2v) is 9.89. The fourth-order valence-corrected chi connectivity index (χ4v) is 4.30. The number of amides is 2. The van der Waals surface area contributed by atoms with Crippen LogP contribution in [0.1, 0.15) is 110 Å². The van der Waals surface area contributed by atoms with Crippen molar-refractivity contribution in [1.29, 1.82) is 0 Å². The molecule has 37 heavy (non-hydrogen) atoms. The summed E-state index contributed by atoms with van der Waals surface area (Å²) in [6.45, 7) is 2.92. The van der Waals surface area contributed by atoms with Crippen LogP contribution in [0.15, 0.2) is 0 Å². The number of cyclic esters (lactones) is 2. The highest BCUT2D eigenvalue weighted by atomic mass is 16.6. The third-order valence-corrected chi connectivity index (χ3v) is 6.51. The fourth-order valence-electron chi connectivity index (χ4n) is 4.30. The Morgan fingerprint density at radius 1 is 0.622 bits per heavy atom. The zero-order chi connectivity index (χ0) is 27.5. The van der Waals surface area contributed by atoms with Gasteiger partial charge in [-0.1, -0.05) is 71.6 Å². The van der Waals surface area contributed by atoms with Crippen LogP contribution in [0.4, 0.5) is 0 Å². The molecule has 0 aromatic rings. The van der Waals surface area contributed by atoms with E-state index in [-0.39, 0.29) is 12.8 Å². The molecule has 0 aromatic heterocycles. The molecule has 0 aliphatic carbocycles. The number of rotatable bonds is 15. The lowest BCUT2D eigenvalue weighted by Crippen LogP contribution is -2.49. The second kappa shape index (κ2) is 19.9. The monoisotopic (exact) mass is 528 g/mol. The molecule has 10 heteroatoms. The van der Waals surface area contributed by atoms with E-state index in [9.17, 15) is 29.4 Å². The molecule has 2 amide bonds. The van der Waals surface area contributed by atoms with E-state index < -0.39 is 61.3 Å². The average Bonchev–Trinajstić information content (AvgIpc) is 2.86. The molecule has 0 saturated carbocycles. The van der Waals surface area contributed by atoms with Crippen LogP contribution >= 0.6 is 0 Å². The average molecular weight is 529 g/mol. The van der Waals surface area contributed by atoms with Gasteiger partial charge in [-0.15, -0.1) is 0 Å². The standard InChI is InChI=1S/C27H48N2O8/c1-3-5-7-9-11-13-15-21-17-25(33)29-22(18-30)26(34)36-20(14-12-10-8-6-4-2)16-24(32)28-23(19-31)27(35)37-21/h20-23,30-31H,3-19H2,1-2H3,(H,28,32)(H,29,33)/t20-,21+,22-,23-/m0/s1. The Morgan fingerprint density at radius 2 is 0.973 bits per heavy atom. The molecule has 1 fully saturated rings. The van der Waals surface area contributed by atoms with Crippen molar-refractivity contribution in [2.75, 3.05) is 13.2 Å². The summed E-state index contributed by atoms with van der Waals surface area (Å²) in [5.74, 6) is -2.75. The lowest BCUT2D eigenvalue weighted by atomic mass is 10.0. The van der Waals surface area contributed by atoms with Crippen LogP contribution in [0.5, 0.6) is 0 Å². The number of carbonyl (C=O) groups is 4. The Bertz CT molecular complexity index is 687. The Labute approximate surface area is 221 Å². The van der Waals surface area contributed by atoms with Gasteiger partial charge in [0.1, 0.15) is 12.2 Å². The van der Waals surface area contributed by atoms with Crippen LogP contribution in [-0.2, 0) is 28.7 Å². The molecule has 0 spiro atoms. The fraction of sp³-hybridized carbons (Fsp3) is 0.852. The predicted molar refractivity (Wildman–Crippen MR) is 138 cm³/mol. The van der Waals surface area contributed by atoms with Crippen molar-refractivity contribution >= 4 is 23.8 Å². The molecular formula is C27H48N2O8. The van der Waals surface area contributed by atoms with E-state index in [0.29, 0.717) is 12.8 Å². The van der Waals surface area contributed by atoms with E-state index in [1.165, 1.54) is 0 Å². The first-order chi connectivity index (χ1) is 17.8. The van der Waals surface area contributed by atoms with Gasteiger partial charge in [0.25, 0.3) is 0 Å². The first-order valence-electron chi connectivity index (χ1n) is 14.1. The summed E-state index contributed by atoms with van der Waals surface area (Å²) in [6, 6.07) is -2.56. The molecule has 1 saturated heterocycles. The number of hydrogen-bond donors (Lipinski definition) is 4. The molecule has 1 aliphatic heterocycles. The van der Waals surface area contributed by atoms with Gasteiger partial charge in [0, 0.05) is 0 Å². The largest absolute Gasteiger partial charge is 0.460 e. The third-order valence-electron chi connectivity index (χ3n) is 6.51. The van der Waals surface area contributed by atoms with E-state index in [1.54, 1.807) is 0 Å². The lowest BCUT2D eigenvalue weighted by Gasteiger charge is -2.25. The predicted octanol–water partition coefficient (Wildman–Crippen LogP) is 2.67. The Kier molecular flexibility index (Phi) is 17.6. The van der Waals surface area contributed by atoms with Crippen LogP contribution in [0.2, 0.25) is 0 Å². The van der Waals surface area contributed by atoms with Gasteiger partial charge in [-0.2, -0.15) is 0 Å². The maximum Gasteiger partial charge on any atom is 0.331 e. The number of aliphatic hydroxyl groups excluding tert-OH is 2. The maximum absolute atomic E-state index is 12.7. The summed E-state index contributed by atoms with van der Waals surface area (Å²) >= 11 is 0. The molecule has 1 heterocycles. The van der Waals surface area contributed by atoms with Crippen LogP contribution < -0.4 is 10.6 Å². The van der Waals surface area contributed by atoms with Gasteiger partial charge in [-0.05, 0) is 25.7 Å². The number of carbonyl (C=O) groups excluding carboxylic acids is 4. The van der Waals surface area contributed by atoms with E-state index >= 15 is 0 Å². The molecule has 1 aliphatic rings. The summed E-state index contributed by atoms with van der Waals surface area (Å²) in [4.78, 5) is 50.8. The number of unbranched alkanes of at least 4 members (excludes halogenated alkanes) is 9. The molecular weight excluding hydrogens is 480 g/mol. The number of ether oxygens (including phenoxy) is 2. The van der Waals surface area contributed by atoms with E-state index in [4.69, 9.17) is 9.47 Å². The minimum atomic E-state index is -1.28. The SMILES string of the molecule is CCCCCCCC[C@@H]1CC(=O)N[C@@H](CO)C(=O)O[C@@H](CCCCCCC)CC(=O)N[C@@H](CO)C(=O)O1. The molecule has 4 atom stereocenters. The highest BCUT2D eigenvalue weighted by Gasteiger charge is 2.31. The zero-order valence-electron chi connectivity index (χ0n) is 22.7. The number of aliphatic hydroxyl groups is 2. The van der Waals surface area contributed by atoms with Crippen LogP contribution in [0, 0.1) is 0 Å². The van der Waals surface area contributed by atoms with Crippen molar-refractivity contribution in [2.45, 2.75) is 134 Å². The third kappa shape index (κ3) is 14.4. The highest BCUT2D eigenvalue weighted by molar-refractivity contribution is 5.87. The van der Waals surface area contributed by atoms with Crippen molar-refractivity contribution in [3.8, 4) is 0 Å². The van der Waals surface area contributed by atoms with Crippen LogP contribution in [0.3, 0.4) is 0 Å². The molecule has 0 radical (unpaired) electrons. The number of hydrogen-bond acceptors (Lipinski definition) is 8. The topological polar surface area (TPSA) is 151 Å². The molecule has 4 N–H and O–H groups in total. The van der Waals surface area contributed by atoms with Gasteiger partial charge >= 0.3 is 11.9 Å². The molecule has 0 aromatic carbocycles. The quantitative estimate of drug-likeness (QED) is 0.187. The first kappa shape index (κ1) is 32.8. The summed E-state index contributed by atoms with van der Waals surface area (Å²) in [6.07, 6.45) is 9.74. The number of nitrogens with one attached hydrogen (secondary N) is 2. The minimum Gasteiger partial charge on any atom is -0.460 e. The highest BCUT2D eigenvalue weighted by Crippen LogP contribution is 2.16. The van der Waals surface area contributed by atoms with Crippen LogP contribution in [-0.4, -0.2) is 71.5 Å². The lowest BCUT2D eigenvalue weighted by molar-refractivity contribution is -0.160. The van der Waals surface area contributed by atoms with Crippen molar-refractivity contribution in [3.63, 3.8) is 0 Å². The van der Waals surface area contributed by atoms with Gasteiger partial charge in [-0.25, -0.2) is 9.59 Å². The maximum atomic E-state index is 12.7. The summed E-state index contributed by atoms with van der Waals surface area (Å²) in [5, 5.41) is 24.4. The van der Waals surface area contributed by atoms with Crippen molar-refractivity contribution in [2.24, 2.45) is 0 Å². The molecule has 0 unspecified atom stereocenters. The van der Waals surface area contributed by atoms with Gasteiger partial charge in [0.15, 0.2) is 12.1 Å². The second-order valence-electron chi connectivity index (χ2n) is 9.89. The first-order valence-corrected chi connectivity index (χ1v) is 14.1. The van der Waals surface area contributed by atoms with Crippen molar-refractivity contribution in [3.05, 3.63) is 0 Å². The summed E-state index contributed by atoms with van der Waals surface area (Å²) in [7, 11) is 0.